The van der Waals surface area contributed by atoms with E-state index in [-0.39, 0.29) is 0 Å². The Labute approximate surface area is 162 Å². The third kappa shape index (κ3) is 2.82. The van der Waals surface area contributed by atoms with E-state index in [1.54, 1.807) is 0 Å². The molecule has 26 heavy (non-hydrogen) atoms. The molecule has 4 nitrogen and oxygen atoms in total. The predicted octanol–water partition coefficient (Wildman–Crippen LogP) is 4.27. The molecule has 4 rings (SSSR count). The van der Waals surface area contributed by atoms with Crippen LogP contribution in [0.25, 0.3) is 0 Å². The lowest BCUT2D eigenvalue weighted by Crippen LogP contribution is -2.49. The van der Waals surface area contributed by atoms with E-state index < -0.39 is 32.1 Å². The third-order valence-electron chi connectivity index (χ3n) is 6.51. The zero-order chi connectivity index (χ0) is 18.4. The summed E-state index contributed by atoms with van der Waals surface area (Å²) in [4.78, 5) is 0.734. The number of rotatable bonds is 4. The molecular weight excluding hydrogens is 370 g/mol. The number of ether oxygens (including phenoxy) is 2. The summed E-state index contributed by atoms with van der Waals surface area (Å²) in [5.74, 6) is -0.517. The van der Waals surface area contributed by atoms with Gasteiger partial charge in [-0.1, -0.05) is 17.7 Å². The predicted molar refractivity (Wildman–Crippen MR) is 100 cm³/mol. The van der Waals surface area contributed by atoms with E-state index in [1.807, 2.05) is 31.2 Å². The van der Waals surface area contributed by atoms with Gasteiger partial charge in [0.15, 0.2) is 5.79 Å². The minimum absolute atomic E-state index is 0.458. The quantitative estimate of drug-likeness (QED) is 0.716. The minimum Gasteiger partial charge on any atom is -0.348 e. The number of hydrogen-bond donors (Lipinski definition) is 0. The van der Waals surface area contributed by atoms with Crippen molar-refractivity contribution in [3.8, 4) is 6.07 Å². The van der Waals surface area contributed by atoms with Gasteiger partial charge in [-0.25, -0.2) is 0 Å². The molecule has 1 spiro atoms. The highest BCUT2D eigenvalue weighted by Crippen LogP contribution is 2.68. The zero-order valence-electron chi connectivity index (χ0n) is 15.0. The third-order valence-corrected chi connectivity index (χ3v) is 8.98. The number of aryl methyl sites for hydroxylation is 1. The first kappa shape index (κ1) is 18.4. The molecule has 3 fully saturated rings. The molecule has 3 aliphatic rings. The molecule has 1 aromatic rings. The lowest BCUT2D eigenvalue weighted by Gasteiger charge is -2.48. The maximum atomic E-state index is 13.3. The van der Waals surface area contributed by atoms with Crippen molar-refractivity contribution in [3.05, 3.63) is 29.8 Å². The molecule has 1 heterocycles. The van der Waals surface area contributed by atoms with Crippen LogP contribution in [0.2, 0.25) is 0 Å². The van der Waals surface area contributed by atoms with Crippen molar-refractivity contribution in [1.29, 1.82) is 5.26 Å². The van der Waals surface area contributed by atoms with Gasteiger partial charge in [0.2, 0.25) is 0 Å². The summed E-state index contributed by atoms with van der Waals surface area (Å²) in [6.45, 7) is 3.25. The Bertz CT molecular complexity index is 737. The van der Waals surface area contributed by atoms with Crippen LogP contribution in [0.3, 0.4) is 0 Å². The Balaban J connectivity index is 1.63. The Morgan fingerprint density at radius 2 is 1.65 bits per heavy atom. The van der Waals surface area contributed by atoms with Gasteiger partial charge in [0, 0.05) is 23.2 Å². The van der Waals surface area contributed by atoms with E-state index in [4.69, 9.17) is 21.1 Å². The summed E-state index contributed by atoms with van der Waals surface area (Å²) in [6.07, 6.45) is 4.53. The monoisotopic (exact) mass is 393 g/mol. The highest BCUT2D eigenvalue weighted by Gasteiger charge is 2.66. The topological polar surface area (TPSA) is 59.3 Å². The van der Waals surface area contributed by atoms with E-state index in [1.165, 1.54) is 0 Å². The summed E-state index contributed by atoms with van der Waals surface area (Å²) < 4.78 is 24.4. The van der Waals surface area contributed by atoms with Gasteiger partial charge in [0.1, 0.15) is 4.71 Å². The van der Waals surface area contributed by atoms with Gasteiger partial charge >= 0.3 is 0 Å². The number of hydrogen-bond acceptors (Lipinski definition) is 4. The maximum absolute atomic E-state index is 13.3. The van der Waals surface area contributed by atoms with Crippen LogP contribution in [0.1, 0.15) is 44.1 Å². The van der Waals surface area contributed by atoms with E-state index in [2.05, 4.69) is 6.07 Å². The fourth-order valence-corrected chi connectivity index (χ4v) is 6.88. The Morgan fingerprint density at radius 1 is 1.08 bits per heavy atom. The van der Waals surface area contributed by atoms with Gasteiger partial charge in [-0.2, -0.15) is 5.26 Å². The molecule has 1 aromatic carbocycles. The van der Waals surface area contributed by atoms with Gasteiger partial charge in [-0.05, 0) is 44.7 Å². The van der Waals surface area contributed by atoms with Crippen LogP contribution in [0.15, 0.2) is 29.2 Å². The van der Waals surface area contributed by atoms with Gasteiger partial charge in [-0.15, -0.1) is 11.6 Å². The van der Waals surface area contributed by atoms with E-state index in [9.17, 15) is 9.47 Å². The number of alkyl halides is 1. The molecule has 2 unspecified atom stereocenters. The number of benzene rings is 1. The van der Waals surface area contributed by atoms with Gasteiger partial charge in [-0.3, -0.25) is 4.21 Å². The molecule has 1 aliphatic heterocycles. The van der Waals surface area contributed by atoms with E-state index in [0.717, 1.165) is 23.3 Å². The fraction of sp³-hybridized carbons (Fsp3) is 0.650. The highest BCUT2D eigenvalue weighted by molar-refractivity contribution is 7.87. The molecule has 1 saturated heterocycles. The molecule has 2 atom stereocenters. The summed E-state index contributed by atoms with van der Waals surface area (Å²) in [5.41, 5.74) is 0.206. The van der Waals surface area contributed by atoms with Crippen molar-refractivity contribution in [1.82, 2.24) is 0 Å². The van der Waals surface area contributed by atoms with Crippen molar-refractivity contribution < 1.29 is 13.7 Å². The van der Waals surface area contributed by atoms with E-state index >= 15 is 0 Å². The fourth-order valence-electron chi connectivity index (χ4n) is 4.63. The molecule has 0 bridgehead atoms. The Morgan fingerprint density at radius 3 is 2.15 bits per heavy atom. The summed E-state index contributed by atoms with van der Waals surface area (Å²) in [7, 11) is -1.36. The average Bonchev–Trinajstić information content (AvgIpc) is 3.36. The lowest BCUT2D eigenvalue weighted by atomic mass is 9.63. The van der Waals surface area contributed by atoms with Crippen LogP contribution in [0.4, 0.5) is 0 Å². The number of nitrogens with zero attached hydrogens (tertiary/aromatic N) is 1. The molecule has 0 N–H and O–H groups in total. The molecule has 6 heteroatoms. The van der Waals surface area contributed by atoms with Crippen LogP contribution >= 0.6 is 11.6 Å². The molecular formula is C20H24ClNO3S. The van der Waals surface area contributed by atoms with Gasteiger partial charge < -0.3 is 9.47 Å². The Hall–Kier alpha value is -0.930. The Kier molecular flexibility index (Phi) is 4.68. The van der Waals surface area contributed by atoms with Gasteiger partial charge in [0.05, 0.1) is 35.5 Å². The van der Waals surface area contributed by atoms with Crippen molar-refractivity contribution in [2.75, 3.05) is 13.2 Å². The van der Waals surface area contributed by atoms with Crippen LogP contribution in [0.5, 0.6) is 0 Å². The minimum atomic E-state index is -1.36. The first-order chi connectivity index (χ1) is 12.5. The standard InChI is InChI=1S/C20H24ClNO3S/c1-15-2-4-16(5-3-15)26(23)17(21)19(18(14-22)6-7-18)8-10-20(11-9-19)24-12-13-25-20/h2-5,17H,6-13H2,1H3. The first-order valence-corrected chi connectivity index (χ1v) is 10.9. The second-order valence-electron chi connectivity index (χ2n) is 7.88. The summed E-state index contributed by atoms with van der Waals surface area (Å²) in [5, 5.41) is 9.90. The molecule has 0 aromatic heterocycles. The maximum Gasteiger partial charge on any atom is 0.168 e. The molecule has 0 radical (unpaired) electrons. The van der Waals surface area contributed by atoms with Crippen LogP contribution in [0, 0.1) is 29.1 Å². The molecule has 2 aliphatic carbocycles. The molecule has 2 saturated carbocycles. The van der Waals surface area contributed by atoms with Crippen molar-refractivity contribution in [3.63, 3.8) is 0 Å². The normalized spacial score (nSPS) is 27.6. The van der Waals surface area contributed by atoms with Crippen LogP contribution in [-0.4, -0.2) is 27.9 Å². The summed E-state index contributed by atoms with van der Waals surface area (Å²) in [6, 6.07) is 10.2. The molecule has 0 amide bonds. The molecule has 140 valence electrons. The van der Waals surface area contributed by atoms with Crippen molar-refractivity contribution in [2.24, 2.45) is 10.8 Å². The van der Waals surface area contributed by atoms with Gasteiger partial charge in [0.25, 0.3) is 0 Å². The number of nitriles is 1. The van der Waals surface area contributed by atoms with Crippen LogP contribution in [-0.2, 0) is 20.3 Å². The zero-order valence-corrected chi connectivity index (χ0v) is 16.6. The number of halogens is 1. The van der Waals surface area contributed by atoms with Crippen molar-refractivity contribution in [2.45, 2.75) is 60.8 Å². The smallest absolute Gasteiger partial charge is 0.168 e. The van der Waals surface area contributed by atoms with Crippen molar-refractivity contribution >= 4 is 22.4 Å². The highest BCUT2D eigenvalue weighted by atomic mass is 35.5. The lowest BCUT2D eigenvalue weighted by molar-refractivity contribution is -0.194. The van der Waals surface area contributed by atoms with E-state index in [0.29, 0.717) is 38.9 Å². The average molecular weight is 394 g/mol. The SMILES string of the molecule is Cc1ccc(S(=O)C(Cl)C2(C3(C#N)CC3)CCC3(CC2)OCCO3)cc1. The second-order valence-corrected chi connectivity index (χ2v) is 10.1. The van der Waals surface area contributed by atoms with Crippen LogP contribution < -0.4 is 0 Å². The summed E-state index contributed by atoms with van der Waals surface area (Å²) >= 11 is 6.91. The largest absolute Gasteiger partial charge is 0.348 e. The second kappa shape index (κ2) is 6.60. The first-order valence-electron chi connectivity index (χ1n) is 9.27.